The Bertz CT molecular complexity index is 1530. The highest BCUT2D eigenvalue weighted by atomic mass is 16.7. The van der Waals surface area contributed by atoms with Crippen molar-refractivity contribution in [2.45, 2.75) is 344 Å². The van der Waals surface area contributed by atoms with E-state index < -0.39 is 86.8 Å². The van der Waals surface area contributed by atoms with Gasteiger partial charge in [0.1, 0.15) is 48.8 Å². The van der Waals surface area contributed by atoms with Crippen molar-refractivity contribution in [1.82, 2.24) is 5.32 Å². The van der Waals surface area contributed by atoms with E-state index >= 15 is 0 Å². The molecule has 0 aliphatic carbocycles. The quantitative estimate of drug-likeness (QED) is 0.0204. The Morgan fingerprint density at radius 3 is 1.30 bits per heavy atom. The number of hydrogen-bond acceptors (Lipinski definition) is 13. The molecule has 12 atom stereocenters. The maximum Gasteiger partial charge on any atom is 0.220 e. The van der Waals surface area contributed by atoms with Crippen LogP contribution in [0.5, 0.6) is 0 Å². The van der Waals surface area contributed by atoms with Gasteiger partial charge in [0, 0.05) is 6.42 Å². The maximum absolute atomic E-state index is 13.3. The van der Waals surface area contributed by atoms with Gasteiger partial charge in [0.05, 0.1) is 32.0 Å². The van der Waals surface area contributed by atoms with Crippen LogP contribution in [0.3, 0.4) is 0 Å². The van der Waals surface area contributed by atoms with Gasteiger partial charge in [-0.1, -0.05) is 249 Å². The Labute approximate surface area is 486 Å². The predicted octanol–water partition coefficient (Wildman–Crippen LogP) is 12.3. The van der Waals surface area contributed by atoms with Gasteiger partial charge in [-0.25, -0.2) is 0 Å². The van der Waals surface area contributed by atoms with E-state index in [0.717, 1.165) is 38.5 Å². The van der Waals surface area contributed by atoms with Crippen LogP contribution in [0.2, 0.25) is 0 Å². The summed E-state index contributed by atoms with van der Waals surface area (Å²) in [5, 5.41) is 87.2. The lowest BCUT2D eigenvalue weighted by molar-refractivity contribution is -0.359. The summed E-state index contributed by atoms with van der Waals surface area (Å²) in [7, 11) is 0. The zero-order valence-corrected chi connectivity index (χ0v) is 50.6. The third-order valence-corrected chi connectivity index (χ3v) is 16.0. The number of nitrogens with one attached hydrogen (secondary N) is 1. The van der Waals surface area contributed by atoms with Crippen molar-refractivity contribution in [2.24, 2.45) is 0 Å². The van der Waals surface area contributed by atoms with E-state index in [1.807, 2.05) is 6.08 Å². The summed E-state index contributed by atoms with van der Waals surface area (Å²) >= 11 is 0. The number of amides is 1. The highest BCUT2D eigenvalue weighted by Gasteiger charge is 2.51. The lowest BCUT2D eigenvalue weighted by atomic mass is 9.97. The summed E-state index contributed by atoms with van der Waals surface area (Å²) in [6, 6.07) is -0.931. The number of unbranched alkanes of at least 4 members (excludes halogenated alkanes) is 34. The molecule has 2 aliphatic rings. The molecule has 0 bridgehead atoms. The molecule has 0 aromatic rings. The van der Waals surface area contributed by atoms with Crippen LogP contribution in [-0.4, -0.2) is 140 Å². The Hall–Kier alpha value is -2.05. The summed E-state index contributed by atoms with van der Waals surface area (Å²) < 4.78 is 22.8. The van der Waals surface area contributed by atoms with Crippen LogP contribution in [0.4, 0.5) is 0 Å². The molecule has 2 heterocycles. The van der Waals surface area contributed by atoms with Crippen molar-refractivity contribution < 1.29 is 64.6 Å². The first-order valence-electron chi connectivity index (χ1n) is 32.9. The summed E-state index contributed by atoms with van der Waals surface area (Å²) in [6.07, 6.45) is 48.8. The van der Waals surface area contributed by atoms with Crippen molar-refractivity contribution in [3.63, 3.8) is 0 Å². The number of allylic oxidation sites excluding steroid dienone is 7. The minimum absolute atomic E-state index is 0.247. The minimum Gasteiger partial charge on any atom is -0.394 e. The molecule has 9 N–H and O–H groups in total. The highest BCUT2D eigenvalue weighted by Crippen LogP contribution is 2.30. The van der Waals surface area contributed by atoms with Crippen molar-refractivity contribution in [1.29, 1.82) is 0 Å². The first-order valence-corrected chi connectivity index (χ1v) is 32.9. The SMILES string of the molecule is CCCCCCC/C=C\C/C=C\CCCCCCCCCCCCCCCCCCCC(=O)NC(COC1OC(CO)C(OC2OC(CO)C(O)C(O)C2O)C(O)C1O)C(O)/C=C/CC/C=C/CCCCCCCCCCCCC. The van der Waals surface area contributed by atoms with Gasteiger partial charge < -0.3 is 65.1 Å². The molecule has 1 amide bonds. The normalized spacial score (nSPS) is 24.5. The molecule has 14 nitrogen and oxygen atoms in total. The smallest absolute Gasteiger partial charge is 0.220 e. The van der Waals surface area contributed by atoms with Crippen molar-refractivity contribution >= 4 is 5.91 Å². The Morgan fingerprint density at radius 2 is 0.838 bits per heavy atom. The van der Waals surface area contributed by atoms with E-state index in [1.54, 1.807) is 6.08 Å². The number of aliphatic hydroxyl groups excluding tert-OH is 8. The number of carbonyl (C=O) groups is 1. The van der Waals surface area contributed by atoms with Crippen LogP contribution in [0.1, 0.15) is 271 Å². The zero-order chi connectivity index (χ0) is 58.1. The third kappa shape index (κ3) is 35.9. The average Bonchev–Trinajstić information content (AvgIpc) is 3.46. The maximum atomic E-state index is 13.3. The molecule has 2 aliphatic heterocycles. The molecule has 2 saturated heterocycles. The van der Waals surface area contributed by atoms with Crippen molar-refractivity contribution in [3.8, 4) is 0 Å². The van der Waals surface area contributed by atoms with Crippen molar-refractivity contribution in [2.75, 3.05) is 19.8 Å². The van der Waals surface area contributed by atoms with E-state index in [0.29, 0.717) is 12.8 Å². The third-order valence-electron chi connectivity index (χ3n) is 16.0. The van der Waals surface area contributed by atoms with Gasteiger partial charge in [0.25, 0.3) is 0 Å². The number of carbonyl (C=O) groups excluding carboxylic acids is 1. The molecule has 0 spiro atoms. The van der Waals surface area contributed by atoms with Gasteiger partial charge in [0.15, 0.2) is 12.6 Å². The Kier molecular flexibility index (Phi) is 47.6. The van der Waals surface area contributed by atoms with E-state index in [-0.39, 0.29) is 18.9 Å². The molecular formula is C66H121NO13. The summed E-state index contributed by atoms with van der Waals surface area (Å²) in [6.45, 7) is 2.79. The fraction of sp³-hybridized carbons (Fsp3) is 0.864. The molecule has 14 heteroatoms. The Morgan fingerprint density at radius 1 is 0.450 bits per heavy atom. The first kappa shape index (κ1) is 74.1. The van der Waals surface area contributed by atoms with Crippen LogP contribution in [-0.2, 0) is 23.7 Å². The van der Waals surface area contributed by atoms with E-state index in [2.05, 4.69) is 55.6 Å². The van der Waals surface area contributed by atoms with Gasteiger partial charge in [-0.15, -0.1) is 0 Å². The van der Waals surface area contributed by atoms with Crippen LogP contribution in [0.25, 0.3) is 0 Å². The van der Waals surface area contributed by atoms with Gasteiger partial charge >= 0.3 is 0 Å². The summed E-state index contributed by atoms with van der Waals surface area (Å²) in [5.74, 6) is -0.247. The zero-order valence-electron chi connectivity index (χ0n) is 50.6. The number of hydrogen-bond donors (Lipinski definition) is 9. The molecule has 80 heavy (non-hydrogen) atoms. The second kappa shape index (κ2) is 51.4. The molecule has 0 radical (unpaired) electrons. The largest absolute Gasteiger partial charge is 0.394 e. The van der Waals surface area contributed by atoms with E-state index in [4.69, 9.17) is 18.9 Å². The molecule has 0 saturated carbocycles. The highest BCUT2D eigenvalue weighted by molar-refractivity contribution is 5.76. The molecule has 12 unspecified atom stereocenters. The topological polar surface area (TPSA) is 228 Å². The molecule has 468 valence electrons. The predicted molar refractivity (Wildman–Crippen MR) is 323 cm³/mol. The fourth-order valence-electron chi connectivity index (χ4n) is 10.7. The number of ether oxygens (including phenoxy) is 4. The van der Waals surface area contributed by atoms with Crippen molar-refractivity contribution in [3.05, 3.63) is 48.6 Å². The number of aliphatic hydroxyl groups is 8. The lowest BCUT2D eigenvalue weighted by Gasteiger charge is -2.46. The monoisotopic (exact) mass is 1140 g/mol. The number of rotatable bonds is 53. The van der Waals surface area contributed by atoms with Gasteiger partial charge in [-0.3, -0.25) is 4.79 Å². The summed E-state index contributed by atoms with van der Waals surface area (Å²) in [4.78, 5) is 13.3. The van der Waals surface area contributed by atoms with Gasteiger partial charge in [-0.2, -0.15) is 0 Å². The van der Waals surface area contributed by atoms with Crippen LogP contribution >= 0.6 is 0 Å². The van der Waals surface area contributed by atoms with E-state index in [1.165, 1.54) is 199 Å². The summed E-state index contributed by atoms with van der Waals surface area (Å²) in [5.41, 5.74) is 0. The second-order valence-corrected chi connectivity index (χ2v) is 23.2. The molecule has 0 aromatic carbocycles. The standard InChI is InChI=1S/C66H121NO13/c1-3-5-7-9-11-13-15-17-19-21-22-23-24-25-26-27-28-29-30-31-32-34-36-38-40-42-44-46-48-50-58(71)67-54(55(70)49-47-45-43-41-39-37-35-33-20-18-16-14-12-10-8-6-4-2)53-77-65-63(76)61(74)64(57(52-69)79-65)80-66-62(75)60(73)59(72)56(51-68)78-66/h15,17,21-22,39,41,47,49,54-57,59-66,68-70,72-76H,3-14,16,18-20,23-38,40,42-46,48,50-53H2,1-2H3,(H,67,71)/b17-15-,22-21-,41-39+,49-47+. The molecular weight excluding hydrogens is 1010 g/mol. The average molecular weight is 1140 g/mol. The fourth-order valence-corrected chi connectivity index (χ4v) is 10.7. The Balaban J connectivity index is 1.69. The van der Waals surface area contributed by atoms with Crippen LogP contribution in [0, 0.1) is 0 Å². The lowest BCUT2D eigenvalue weighted by Crippen LogP contribution is -2.65. The van der Waals surface area contributed by atoms with Crippen LogP contribution in [0.15, 0.2) is 48.6 Å². The first-order chi connectivity index (χ1) is 39.1. The van der Waals surface area contributed by atoms with Gasteiger partial charge in [-0.05, 0) is 64.2 Å². The minimum atomic E-state index is -1.79. The molecule has 2 rings (SSSR count). The molecule has 0 aromatic heterocycles. The van der Waals surface area contributed by atoms with E-state index in [9.17, 15) is 45.6 Å². The molecule has 2 fully saturated rings. The van der Waals surface area contributed by atoms with Crippen LogP contribution < -0.4 is 5.32 Å². The second-order valence-electron chi connectivity index (χ2n) is 23.2. The van der Waals surface area contributed by atoms with Gasteiger partial charge in [0.2, 0.25) is 5.91 Å².